The molecule has 31 heavy (non-hydrogen) atoms. The molecule has 4 nitrogen and oxygen atoms in total. The second kappa shape index (κ2) is 10.0. The van der Waals surface area contributed by atoms with E-state index in [4.69, 9.17) is 0 Å². The number of benzene rings is 3. The molecule has 3 aromatic carbocycles. The Morgan fingerprint density at radius 1 is 0.903 bits per heavy atom. The van der Waals surface area contributed by atoms with Crippen LogP contribution in [0.25, 0.3) is 6.08 Å². The van der Waals surface area contributed by atoms with Crippen molar-refractivity contribution in [2.24, 2.45) is 0 Å². The summed E-state index contributed by atoms with van der Waals surface area (Å²) in [6.45, 7) is 5.00. The lowest BCUT2D eigenvalue weighted by Crippen LogP contribution is -2.45. The van der Waals surface area contributed by atoms with Gasteiger partial charge in [-0.1, -0.05) is 42.5 Å². The zero-order valence-corrected chi connectivity index (χ0v) is 17.4. The van der Waals surface area contributed by atoms with Crippen LogP contribution < -0.4 is 10.2 Å². The molecule has 1 N–H and O–H groups in total. The van der Waals surface area contributed by atoms with E-state index in [1.807, 2.05) is 30.3 Å². The minimum absolute atomic E-state index is 0.244. The number of halogens is 1. The Bertz CT molecular complexity index is 1030. The summed E-state index contributed by atoms with van der Waals surface area (Å²) in [6, 6.07) is 24.6. The van der Waals surface area contributed by atoms with E-state index < -0.39 is 0 Å². The van der Waals surface area contributed by atoms with Crippen molar-refractivity contribution in [3.63, 3.8) is 0 Å². The second-order valence-electron chi connectivity index (χ2n) is 7.67. The number of hydrogen-bond acceptors (Lipinski definition) is 3. The topological polar surface area (TPSA) is 35.6 Å². The van der Waals surface area contributed by atoms with E-state index in [0.717, 1.165) is 44.1 Å². The van der Waals surface area contributed by atoms with Gasteiger partial charge in [-0.05, 0) is 53.6 Å². The largest absolute Gasteiger partial charge is 0.369 e. The molecule has 1 aliphatic heterocycles. The Hall–Kier alpha value is -3.44. The van der Waals surface area contributed by atoms with Crippen LogP contribution in [0, 0.1) is 5.82 Å². The molecule has 0 atom stereocenters. The Morgan fingerprint density at radius 3 is 2.35 bits per heavy atom. The van der Waals surface area contributed by atoms with Crippen molar-refractivity contribution in [2.45, 2.75) is 6.54 Å². The van der Waals surface area contributed by atoms with Gasteiger partial charge < -0.3 is 10.2 Å². The first-order valence-electron chi connectivity index (χ1n) is 10.5. The van der Waals surface area contributed by atoms with Gasteiger partial charge in [-0.25, -0.2) is 4.39 Å². The van der Waals surface area contributed by atoms with E-state index in [2.05, 4.69) is 39.4 Å². The SMILES string of the molecule is O=C(/C=C/c1cccc(F)c1)Nc1ccc(N2CCN(Cc3ccccc3)CC2)cc1. The standard InChI is InChI=1S/C26H26FN3O/c27-23-8-4-7-21(19-23)9-14-26(31)28-24-10-12-25(13-11-24)30-17-15-29(16-18-30)20-22-5-2-1-3-6-22/h1-14,19H,15-18,20H2,(H,28,31)/b14-9+. The van der Waals surface area contributed by atoms with Crippen LogP contribution in [-0.4, -0.2) is 37.0 Å². The smallest absolute Gasteiger partial charge is 0.248 e. The summed E-state index contributed by atoms with van der Waals surface area (Å²) in [5.41, 5.74) is 3.90. The minimum Gasteiger partial charge on any atom is -0.369 e. The van der Waals surface area contributed by atoms with Crippen molar-refractivity contribution >= 4 is 23.4 Å². The van der Waals surface area contributed by atoms with Gasteiger partial charge in [-0.15, -0.1) is 0 Å². The van der Waals surface area contributed by atoms with Crippen LogP contribution in [0.2, 0.25) is 0 Å². The predicted octanol–water partition coefficient (Wildman–Crippen LogP) is 4.80. The normalized spacial score (nSPS) is 14.7. The molecule has 1 heterocycles. The summed E-state index contributed by atoms with van der Waals surface area (Å²) in [5, 5.41) is 2.85. The number of nitrogens with one attached hydrogen (secondary N) is 1. The van der Waals surface area contributed by atoms with Gasteiger partial charge in [0.15, 0.2) is 0 Å². The maximum atomic E-state index is 13.2. The minimum atomic E-state index is -0.320. The first-order chi connectivity index (χ1) is 15.2. The zero-order valence-electron chi connectivity index (χ0n) is 17.4. The number of amides is 1. The number of piperazine rings is 1. The van der Waals surface area contributed by atoms with E-state index in [0.29, 0.717) is 5.56 Å². The van der Waals surface area contributed by atoms with Crippen molar-refractivity contribution in [1.29, 1.82) is 0 Å². The number of carbonyl (C=O) groups excluding carboxylic acids is 1. The summed E-state index contributed by atoms with van der Waals surface area (Å²) in [6.07, 6.45) is 3.01. The number of nitrogens with zero attached hydrogens (tertiary/aromatic N) is 2. The molecular weight excluding hydrogens is 389 g/mol. The van der Waals surface area contributed by atoms with Gasteiger partial charge in [0.05, 0.1) is 0 Å². The Morgan fingerprint density at radius 2 is 1.65 bits per heavy atom. The van der Waals surface area contributed by atoms with Gasteiger partial charge >= 0.3 is 0 Å². The van der Waals surface area contributed by atoms with Crippen LogP contribution in [0.3, 0.4) is 0 Å². The summed E-state index contributed by atoms with van der Waals surface area (Å²) >= 11 is 0. The van der Waals surface area contributed by atoms with Gasteiger partial charge in [-0.3, -0.25) is 9.69 Å². The van der Waals surface area contributed by atoms with Crippen LogP contribution in [0.5, 0.6) is 0 Å². The summed E-state index contributed by atoms with van der Waals surface area (Å²) in [7, 11) is 0. The number of hydrogen-bond donors (Lipinski definition) is 1. The molecule has 0 unspecified atom stereocenters. The quantitative estimate of drug-likeness (QED) is 0.588. The van der Waals surface area contributed by atoms with E-state index in [1.54, 1.807) is 18.2 Å². The number of rotatable bonds is 6. The second-order valence-corrected chi connectivity index (χ2v) is 7.67. The molecule has 158 valence electrons. The summed E-state index contributed by atoms with van der Waals surface area (Å²) in [4.78, 5) is 17.0. The van der Waals surface area contributed by atoms with E-state index in [-0.39, 0.29) is 11.7 Å². The zero-order chi connectivity index (χ0) is 21.5. The van der Waals surface area contributed by atoms with Crippen LogP contribution in [0.15, 0.2) is 84.9 Å². The van der Waals surface area contributed by atoms with E-state index >= 15 is 0 Å². The highest BCUT2D eigenvalue weighted by atomic mass is 19.1. The lowest BCUT2D eigenvalue weighted by molar-refractivity contribution is -0.111. The molecule has 0 saturated carbocycles. The third-order valence-electron chi connectivity index (χ3n) is 5.40. The molecule has 3 aromatic rings. The summed E-state index contributed by atoms with van der Waals surface area (Å²) in [5.74, 6) is -0.564. The van der Waals surface area contributed by atoms with Crippen molar-refractivity contribution in [3.05, 3.63) is 102 Å². The molecular formula is C26H26FN3O. The monoisotopic (exact) mass is 415 g/mol. The van der Waals surface area contributed by atoms with Crippen molar-refractivity contribution in [1.82, 2.24) is 4.90 Å². The Balaban J connectivity index is 1.27. The van der Waals surface area contributed by atoms with Crippen molar-refractivity contribution < 1.29 is 9.18 Å². The predicted molar refractivity (Wildman–Crippen MR) is 124 cm³/mol. The molecule has 4 rings (SSSR count). The van der Waals surface area contributed by atoms with Crippen LogP contribution in [-0.2, 0) is 11.3 Å². The van der Waals surface area contributed by atoms with Gasteiger partial charge in [0.1, 0.15) is 5.82 Å². The van der Waals surface area contributed by atoms with Gasteiger partial charge in [0.25, 0.3) is 0 Å². The van der Waals surface area contributed by atoms with E-state index in [1.165, 1.54) is 23.8 Å². The van der Waals surface area contributed by atoms with Gasteiger partial charge in [0.2, 0.25) is 5.91 Å². The first kappa shape index (κ1) is 20.8. The maximum Gasteiger partial charge on any atom is 0.248 e. The Kier molecular flexibility index (Phi) is 6.75. The average Bonchev–Trinajstić information content (AvgIpc) is 2.80. The molecule has 5 heteroatoms. The fourth-order valence-corrected chi connectivity index (χ4v) is 3.73. The molecule has 1 saturated heterocycles. The fourth-order valence-electron chi connectivity index (χ4n) is 3.73. The molecule has 0 aromatic heterocycles. The average molecular weight is 416 g/mol. The fraction of sp³-hybridized carbons (Fsp3) is 0.192. The van der Waals surface area contributed by atoms with Gasteiger partial charge in [0, 0.05) is 50.2 Å². The molecule has 1 fully saturated rings. The molecule has 0 radical (unpaired) electrons. The van der Waals surface area contributed by atoms with Crippen molar-refractivity contribution in [3.8, 4) is 0 Å². The third-order valence-corrected chi connectivity index (χ3v) is 5.40. The van der Waals surface area contributed by atoms with Gasteiger partial charge in [-0.2, -0.15) is 0 Å². The summed E-state index contributed by atoms with van der Waals surface area (Å²) < 4.78 is 13.2. The molecule has 0 spiro atoms. The number of anilines is 2. The van der Waals surface area contributed by atoms with E-state index in [9.17, 15) is 9.18 Å². The molecule has 1 amide bonds. The van der Waals surface area contributed by atoms with Crippen molar-refractivity contribution in [2.75, 3.05) is 36.4 Å². The molecule has 0 aliphatic carbocycles. The van der Waals surface area contributed by atoms with Crippen LogP contribution in [0.1, 0.15) is 11.1 Å². The highest BCUT2D eigenvalue weighted by Crippen LogP contribution is 2.20. The third kappa shape index (κ3) is 6.03. The van der Waals surface area contributed by atoms with Crippen LogP contribution in [0.4, 0.5) is 15.8 Å². The maximum absolute atomic E-state index is 13.2. The highest BCUT2D eigenvalue weighted by molar-refractivity contribution is 6.02. The Labute approximate surface area is 182 Å². The first-order valence-corrected chi connectivity index (χ1v) is 10.5. The highest BCUT2D eigenvalue weighted by Gasteiger charge is 2.17. The molecule has 1 aliphatic rings. The lowest BCUT2D eigenvalue weighted by atomic mass is 10.2. The number of carbonyl (C=O) groups is 1. The molecule has 0 bridgehead atoms. The lowest BCUT2D eigenvalue weighted by Gasteiger charge is -2.36. The van der Waals surface area contributed by atoms with Crippen LogP contribution >= 0.6 is 0 Å².